The van der Waals surface area contributed by atoms with Crippen LogP contribution in [0.25, 0.3) is 0 Å². The van der Waals surface area contributed by atoms with Crippen molar-refractivity contribution in [2.75, 3.05) is 13.1 Å². The lowest BCUT2D eigenvalue weighted by Gasteiger charge is -2.25. The van der Waals surface area contributed by atoms with Crippen molar-refractivity contribution in [2.24, 2.45) is 0 Å². The molecule has 0 aliphatic heterocycles. The molecular formula is C19H23FN2O3S. The molecular weight excluding hydrogens is 355 g/mol. The molecule has 5 nitrogen and oxygen atoms in total. The van der Waals surface area contributed by atoms with E-state index in [1.165, 1.54) is 0 Å². The molecule has 2 aromatic carbocycles. The van der Waals surface area contributed by atoms with E-state index in [0.717, 1.165) is 23.8 Å². The van der Waals surface area contributed by atoms with Gasteiger partial charge in [0.2, 0.25) is 10.0 Å². The van der Waals surface area contributed by atoms with Crippen LogP contribution >= 0.6 is 0 Å². The molecule has 0 saturated heterocycles. The fourth-order valence-corrected chi connectivity index (χ4v) is 3.57. The van der Waals surface area contributed by atoms with Gasteiger partial charge in [0.05, 0.1) is 10.5 Å². The van der Waals surface area contributed by atoms with Crippen LogP contribution in [0.1, 0.15) is 36.7 Å². The van der Waals surface area contributed by atoms with Crippen LogP contribution < -0.4 is 10.0 Å². The van der Waals surface area contributed by atoms with Gasteiger partial charge >= 0.3 is 0 Å². The molecule has 0 atom stereocenters. The quantitative estimate of drug-likeness (QED) is 0.778. The molecule has 0 spiro atoms. The van der Waals surface area contributed by atoms with Gasteiger partial charge in [-0.15, -0.1) is 0 Å². The smallest absolute Gasteiger partial charge is 0.254 e. The zero-order valence-corrected chi connectivity index (χ0v) is 15.9. The highest BCUT2D eigenvalue weighted by Gasteiger charge is 2.23. The van der Waals surface area contributed by atoms with Gasteiger partial charge in [0.1, 0.15) is 5.82 Å². The molecule has 0 heterocycles. The minimum absolute atomic E-state index is 0.145. The zero-order valence-electron chi connectivity index (χ0n) is 15.0. The topological polar surface area (TPSA) is 75.3 Å². The Morgan fingerprint density at radius 1 is 1.12 bits per heavy atom. The van der Waals surface area contributed by atoms with Crippen LogP contribution in [0.15, 0.2) is 53.4 Å². The molecule has 0 aliphatic rings. The summed E-state index contributed by atoms with van der Waals surface area (Å²) >= 11 is 0. The second kappa shape index (κ2) is 7.97. The fourth-order valence-electron chi connectivity index (χ4n) is 2.51. The standard InChI is InChI=1S/C19H23FN2O3S/c1-4-22-26(24,25)15-10-11-17(20)16(12-15)18(23)21-13-19(2,3)14-8-6-5-7-9-14/h5-12,22H,4,13H2,1-3H3,(H,21,23). The van der Waals surface area contributed by atoms with Crippen molar-refractivity contribution in [2.45, 2.75) is 31.1 Å². The van der Waals surface area contributed by atoms with E-state index in [9.17, 15) is 17.6 Å². The summed E-state index contributed by atoms with van der Waals surface area (Å²) in [7, 11) is -3.77. The molecule has 0 saturated carbocycles. The monoisotopic (exact) mass is 378 g/mol. The second-order valence-electron chi connectivity index (χ2n) is 6.58. The molecule has 7 heteroatoms. The first-order valence-electron chi connectivity index (χ1n) is 8.30. The lowest BCUT2D eigenvalue weighted by atomic mass is 9.84. The third-order valence-corrected chi connectivity index (χ3v) is 5.62. The summed E-state index contributed by atoms with van der Waals surface area (Å²) in [5.74, 6) is -1.42. The van der Waals surface area contributed by atoms with Gasteiger partial charge in [-0.05, 0) is 23.8 Å². The van der Waals surface area contributed by atoms with Crippen molar-refractivity contribution in [1.82, 2.24) is 10.0 Å². The van der Waals surface area contributed by atoms with Crippen LogP contribution in [0.5, 0.6) is 0 Å². The first-order valence-corrected chi connectivity index (χ1v) is 9.78. The van der Waals surface area contributed by atoms with Gasteiger partial charge in [0.25, 0.3) is 5.91 Å². The van der Waals surface area contributed by atoms with E-state index in [1.54, 1.807) is 6.92 Å². The Bertz CT molecular complexity index is 881. The van der Waals surface area contributed by atoms with E-state index in [1.807, 2.05) is 44.2 Å². The van der Waals surface area contributed by atoms with E-state index in [2.05, 4.69) is 10.0 Å². The van der Waals surface area contributed by atoms with Crippen molar-refractivity contribution in [1.29, 1.82) is 0 Å². The maximum Gasteiger partial charge on any atom is 0.254 e. The molecule has 140 valence electrons. The number of carbonyl (C=O) groups excluding carboxylic acids is 1. The minimum atomic E-state index is -3.77. The Morgan fingerprint density at radius 3 is 2.38 bits per heavy atom. The number of hydrogen-bond donors (Lipinski definition) is 2. The lowest BCUT2D eigenvalue weighted by Crippen LogP contribution is -2.37. The molecule has 0 radical (unpaired) electrons. The SMILES string of the molecule is CCNS(=O)(=O)c1ccc(F)c(C(=O)NCC(C)(C)c2ccccc2)c1. The van der Waals surface area contributed by atoms with Crippen LogP contribution in [0.4, 0.5) is 4.39 Å². The summed E-state index contributed by atoms with van der Waals surface area (Å²) < 4.78 is 40.5. The summed E-state index contributed by atoms with van der Waals surface area (Å²) in [4.78, 5) is 12.3. The number of benzene rings is 2. The normalized spacial score (nSPS) is 12.0. The van der Waals surface area contributed by atoms with Crippen molar-refractivity contribution < 1.29 is 17.6 Å². The molecule has 26 heavy (non-hydrogen) atoms. The maximum atomic E-state index is 14.1. The summed E-state index contributed by atoms with van der Waals surface area (Å²) in [6, 6.07) is 12.8. The average Bonchev–Trinajstić information content (AvgIpc) is 2.60. The number of amides is 1. The highest BCUT2D eigenvalue weighted by Crippen LogP contribution is 2.22. The maximum absolute atomic E-state index is 14.1. The highest BCUT2D eigenvalue weighted by atomic mass is 32.2. The van der Waals surface area contributed by atoms with E-state index in [-0.39, 0.29) is 29.0 Å². The number of hydrogen-bond acceptors (Lipinski definition) is 3. The number of rotatable bonds is 7. The van der Waals surface area contributed by atoms with Crippen LogP contribution in [-0.2, 0) is 15.4 Å². The number of halogens is 1. The van der Waals surface area contributed by atoms with Crippen LogP contribution in [0.2, 0.25) is 0 Å². The van der Waals surface area contributed by atoms with Gasteiger partial charge in [-0.3, -0.25) is 4.79 Å². The molecule has 2 aromatic rings. The van der Waals surface area contributed by atoms with Gasteiger partial charge in [0.15, 0.2) is 0 Å². The van der Waals surface area contributed by atoms with Gasteiger partial charge < -0.3 is 5.32 Å². The van der Waals surface area contributed by atoms with E-state index >= 15 is 0 Å². The lowest BCUT2D eigenvalue weighted by molar-refractivity contribution is 0.0941. The third kappa shape index (κ3) is 4.68. The van der Waals surface area contributed by atoms with Gasteiger partial charge in [0, 0.05) is 18.5 Å². The summed E-state index contributed by atoms with van der Waals surface area (Å²) in [6.07, 6.45) is 0. The van der Waals surface area contributed by atoms with Crippen molar-refractivity contribution >= 4 is 15.9 Å². The number of sulfonamides is 1. The predicted octanol–water partition coefficient (Wildman–Crippen LogP) is 2.83. The Hall–Kier alpha value is -2.25. The van der Waals surface area contributed by atoms with E-state index in [0.29, 0.717) is 0 Å². The molecule has 2 N–H and O–H groups in total. The van der Waals surface area contributed by atoms with E-state index in [4.69, 9.17) is 0 Å². The first kappa shape index (κ1) is 20.1. The zero-order chi connectivity index (χ0) is 19.4. The number of carbonyl (C=O) groups is 1. The van der Waals surface area contributed by atoms with Crippen molar-refractivity contribution in [3.05, 3.63) is 65.5 Å². The third-order valence-electron chi connectivity index (χ3n) is 4.07. The van der Waals surface area contributed by atoms with Gasteiger partial charge in [-0.2, -0.15) is 0 Å². The Kier molecular flexibility index (Phi) is 6.15. The van der Waals surface area contributed by atoms with Gasteiger partial charge in [-0.1, -0.05) is 51.1 Å². The predicted molar refractivity (Wildman–Crippen MR) is 99.1 cm³/mol. The molecule has 2 rings (SSSR count). The summed E-state index contributed by atoms with van der Waals surface area (Å²) in [5.41, 5.74) is 0.373. The van der Waals surface area contributed by atoms with Crippen LogP contribution in [0.3, 0.4) is 0 Å². The van der Waals surface area contributed by atoms with Crippen LogP contribution in [0, 0.1) is 5.82 Å². The largest absolute Gasteiger partial charge is 0.351 e. The molecule has 0 fully saturated rings. The summed E-state index contributed by atoms with van der Waals surface area (Å²) in [6.45, 7) is 6.04. The molecule has 0 aromatic heterocycles. The molecule has 0 unspecified atom stereocenters. The molecule has 0 bridgehead atoms. The summed E-state index contributed by atoms with van der Waals surface area (Å²) in [5, 5.41) is 2.70. The van der Waals surface area contributed by atoms with Gasteiger partial charge in [-0.25, -0.2) is 17.5 Å². The Labute approximate surface area is 153 Å². The van der Waals surface area contributed by atoms with Crippen molar-refractivity contribution in [3.63, 3.8) is 0 Å². The van der Waals surface area contributed by atoms with Crippen molar-refractivity contribution in [3.8, 4) is 0 Å². The number of nitrogens with one attached hydrogen (secondary N) is 2. The average molecular weight is 378 g/mol. The van der Waals surface area contributed by atoms with Crippen LogP contribution in [-0.4, -0.2) is 27.4 Å². The minimum Gasteiger partial charge on any atom is -0.351 e. The fraction of sp³-hybridized carbons (Fsp3) is 0.316. The second-order valence-corrected chi connectivity index (χ2v) is 8.34. The van der Waals surface area contributed by atoms with E-state index < -0.39 is 21.7 Å². The Balaban J connectivity index is 2.19. The molecule has 0 aliphatic carbocycles. The first-order chi connectivity index (χ1) is 12.2. The molecule has 1 amide bonds. The Morgan fingerprint density at radius 2 is 1.77 bits per heavy atom. The highest BCUT2D eigenvalue weighted by molar-refractivity contribution is 7.89.